The van der Waals surface area contributed by atoms with Gasteiger partial charge < -0.3 is 15.8 Å². The summed E-state index contributed by atoms with van der Waals surface area (Å²) in [6, 6.07) is 1.71. The van der Waals surface area contributed by atoms with Gasteiger partial charge in [0.2, 0.25) is 0 Å². The Morgan fingerprint density at radius 3 is 2.65 bits per heavy atom. The Labute approximate surface area is 101 Å². The van der Waals surface area contributed by atoms with Crippen molar-refractivity contribution in [3.8, 4) is 0 Å². The Balaban J connectivity index is 1.92. The van der Waals surface area contributed by atoms with E-state index in [1.165, 1.54) is 12.7 Å². The first-order valence-electron chi connectivity index (χ1n) is 5.97. The minimum atomic E-state index is -0.598. The van der Waals surface area contributed by atoms with Crippen LogP contribution in [0.5, 0.6) is 0 Å². The van der Waals surface area contributed by atoms with Crippen molar-refractivity contribution in [3.05, 3.63) is 12.4 Å². The van der Waals surface area contributed by atoms with Crippen molar-refractivity contribution in [2.75, 3.05) is 17.3 Å². The van der Waals surface area contributed by atoms with Crippen LogP contribution in [0.4, 0.5) is 11.6 Å². The first-order chi connectivity index (χ1) is 8.22. The van der Waals surface area contributed by atoms with E-state index in [9.17, 15) is 5.11 Å². The van der Waals surface area contributed by atoms with Gasteiger partial charge in [-0.05, 0) is 12.8 Å². The Kier molecular flexibility index (Phi) is 3.75. The van der Waals surface area contributed by atoms with E-state index in [0.29, 0.717) is 18.2 Å². The molecular formula is C11H19N5O. The number of nitrogens with zero attached hydrogens (tertiary/aromatic N) is 2. The molecule has 0 aliphatic heterocycles. The molecule has 1 saturated carbocycles. The fourth-order valence-corrected chi connectivity index (χ4v) is 2.17. The molecule has 6 nitrogen and oxygen atoms in total. The van der Waals surface area contributed by atoms with Gasteiger partial charge in [-0.15, -0.1) is 0 Å². The largest absolute Gasteiger partial charge is 0.388 e. The van der Waals surface area contributed by atoms with Crippen molar-refractivity contribution in [1.29, 1.82) is 0 Å². The number of nitrogens with one attached hydrogen (secondary N) is 2. The lowest BCUT2D eigenvalue weighted by Gasteiger charge is -2.32. The first-order valence-corrected chi connectivity index (χ1v) is 5.97. The summed E-state index contributed by atoms with van der Waals surface area (Å²) in [5.74, 6) is 6.49. The lowest BCUT2D eigenvalue weighted by Crippen LogP contribution is -2.38. The van der Waals surface area contributed by atoms with Crippen LogP contribution in [0.15, 0.2) is 12.4 Å². The average Bonchev–Trinajstić information content (AvgIpc) is 2.38. The van der Waals surface area contributed by atoms with Crippen molar-refractivity contribution >= 4 is 11.6 Å². The number of aliphatic hydroxyl groups is 1. The molecule has 0 atom stereocenters. The van der Waals surface area contributed by atoms with Gasteiger partial charge in [0.05, 0.1) is 5.60 Å². The molecule has 6 heteroatoms. The second-order valence-electron chi connectivity index (χ2n) is 4.57. The second-order valence-corrected chi connectivity index (χ2v) is 4.57. The number of hydrazine groups is 1. The summed E-state index contributed by atoms with van der Waals surface area (Å²) in [4.78, 5) is 7.99. The molecule has 0 bridgehead atoms. The maximum atomic E-state index is 10.3. The molecule has 0 saturated heterocycles. The standard InChI is InChI=1S/C11H19N5O/c12-16-10-6-9(14-8-15-10)13-7-11(17)4-2-1-3-5-11/h6,8,17H,1-5,7,12H2,(H2,13,14,15,16). The highest BCUT2D eigenvalue weighted by Gasteiger charge is 2.28. The van der Waals surface area contributed by atoms with Gasteiger partial charge in [-0.3, -0.25) is 0 Å². The molecule has 1 fully saturated rings. The summed E-state index contributed by atoms with van der Waals surface area (Å²) < 4.78 is 0. The lowest BCUT2D eigenvalue weighted by atomic mass is 9.85. The highest BCUT2D eigenvalue weighted by Crippen LogP contribution is 2.28. The summed E-state index contributed by atoms with van der Waals surface area (Å²) in [5, 5.41) is 13.4. The lowest BCUT2D eigenvalue weighted by molar-refractivity contribution is 0.0166. The van der Waals surface area contributed by atoms with E-state index in [1.807, 2.05) is 0 Å². The summed E-state index contributed by atoms with van der Waals surface area (Å²) in [6.45, 7) is 0.522. The third-order valence-electron chi connectivity index (χ3n) is 3.20. The minimum Gasteiger partial charge on any atom is -0.388 e. The van der Waals surface area contributed by atoms with Crippen molar-refractivity contribution in [1.82, 2.24) is 9.97 Å². The summed E-state index contributed by atoms with van der Waals surface area (Å²) in [5.41, 5.74) is 1.86. The monoisotopic (exact) mass is 237 g/mol. The van der Waals surface area contributed by atoms with E-state index >= 15 is 0 Å². The van der Waals surface area contributed by atoms with Crippen molar-refractivity contribution in [2.24, 2.45) is 5.84 Å². The van der Waals surface area contributed by atoms with Gasteiger partial charge in [0.1, 0.15) is 18.0 Å². The van der Waals surface area contributed by atoms with Crippen LogP contribution < -0.4 is 16.6 Å². The van der Waals surface area contributed by atoms with Crippen LogP contribution in [0.1, 0.15) is 32.1 Å². The Morgan fingerprint density at radius 1 is 1.24 bits per heavy atom. The maximum Gasteiger partial charge on any atom is 0.145 e. The van der Waals surface area contributed by atoms with Gasteiger partial charge in [0.15, 0.2) is 0 Å². The van der Waals surface area contributed by atoms with Gasteiger partial charge in [0, 0.05) is 12.6 Å². The van der Waals surface area contributed by atoms with Crippen LogP contribution in [-0.4, -0.2) is 27.2 Å². The molecule has 0 amide bonds. The van der Waals surface area contributed by atoms with E-state index in [4.69, 9.17) is 5.84 Å². The van der Waals surface area contributed by atoms with Crippen LogP contribution in [0.3, 0.4) is 0 Å². The molecular weight excluding hydrogens is 218 g/mol. The van der Waals surface area contributed by atoms with Gasteiger partial charge >= 0.3 is 0 Å². The molecule has 0 radical (unpaired) electrons. The Bertz CT molecular complexity index is 365. The highest BCUT2D eigenvalue weighted by molar-refractivity contribution is 5.45. The predicted octanol–water partition coefficient (Wildman–Crippen LogP) is 0.869. The highest BCUT2D eigenvalue weighted by atomic mass is 16.3. The molecule has 0 unspecified atom stereocenters. The minimum absolute atomic E-state index is 0.522. The molecule has 17 heavy (non-hydrogen) atoms. The third-order valence-corrected chi connectivity index (χ3v) is 3.20. The number of nitrogens with two attached hydrogens (primary N) is 1. The fraction of sp³-hybridized carbons (Fsp3) is 0.636. The number of aromatic nitrogens is 2. The van der Waals surface area contributed by atoms with Gasteiger partial charge in [-0.25, -0.2) is 15.8 Å². The van der Waals surface area contributed by atoms with Crippen molar-refractivity contribution < 1.29 is 5.11 Å². The molecule has 1 aliphatic rings. The summed E-state index contributed by atoms with van der Waals surface area (Å²) in [7, 11) is 0. The molecule has 1 aromatic rings. The number of nitrogen functional groups attached to an aromatic ring is 1. The molecule has 1 aromatic heterocycles. The third kappa shape index (κ3) is 3.28. The molecule has 1 aliphatic carbocycles. The topological polar surface area (TPSA) is 96.1 Å². The van der Waals surface area contributed by atoms with E-state index in [0.717, 1.165) is 25.7 Å². The molecule has 5 N–H and O–H groups in total. The van der Waals surface area contributed by atoms with Gasteiger partial charge in [0.25, 0.3) is 0 Å². The maximum absolute atomic E-state index is 10.3. The van der Waals surface area contributed by atoms with Crippen LogP contribution >= 0.6 is 0 Å². The van der Waals surface area contributed by atoms with E-state index in [-0.39, 0.29) is 0 Å². The van der Waals surface area contributed by atoms with E-state index < -0.39 is 5.60 Å². The summed E-state index contributed by atoms with van der Waals surface area (Å²) >= 11 is 0. The SMILES string of the molecule is NNc1cc(NCC2(O)CCCCC2)ncn1. The van der Waals surface area contributed by atoms with E-state index in [2.05, 4.69) is 20.7 Å². The zero-order valence-corrected chi connectivity index (χ0v) is 9.82. The quantitative estimate of drug-likeness (QED) is 0.458. The zero-order chi connectivity index (χ0) is 12.1. The Morgan fingerprint density at radius 2 is 1.94 bits per heavy atom. The van der Waals surface area contributed by atoms with Crippen molar-refractivity contribution in [3.63, 3.8) is 0 Å². The molecule has 0 spiro atoms. The van der Waals surface area contributed by atoms with Crippen LogP contribution in [0.25, 0.3) is 0 Å². The van der Waals surface area contributed by atoms with Gasteiger partial charge in [-0.1, -0.05) is 19.3 Å². The molecule has 1 heterocycles. The number of hydrogen-bond donors (Lipinski definition) is 4. The fourth-order valence-electron chi connectivity index (χ4n) is 2.17. The first kappa shape index (κ1) is 12.1. The predicted molar refractivity (Wildman–Crippen MR) is 66.4 cm³/mol. The number of anilines is 2. The van der Waals surface area contributed by atoms with E-state index in [1.54, 1.807) is 6.07 Å². The Hall–Kier alpha value is -1.40. The average molecular weight is 237 g/mol. The number of hydrogen-bond acceptors (Lipinski definition) is 6. The van der Waals surface area contributed by atoms with Crippen LogP contribution in [0, 0.1) is 0 Å². The van der Waals surface area contributed by atoms with Gasteiger partial charge in [-0.2, -0.15) is 0 Å². The smallest absolute Gasteiger partial charge is 0.145 e. The molecule has 94 valence electrons. The number of rotatable bonds is 4. The molecule has 2 rings (SSSR count). The molecule has 0 aromatic carbocycles. The summed E-state index contributed by atoms with van der Waals surface area (Å²) in [6.07, 6.45) is 6.55. The van der Waals surface area contributed by atoms with Crippen LogP contribution in [0.2, 0.25) is 0 Å². The normalized spacial score (nSPS) is 18.7. The van der Waals surface area contributed by atoms with Crippen LogP contribution in [-0.2, 0) is 0 Å². The zero-order valence-electron chi connectivity index (χ0n) is 9.82. The van der Waals surface area contributed by atoms with Crippen molar-refractivity contribution in [2.45, 2.75) is 37.7 Å². The second kappa shape index (κ2) is 5.29.